The third-order valence-corrected chi connectivity index (χ3v) is 12.6. The maximum Gasteiger partial charge on any atom is 0.311 e. The van der Waals surface area contributed by atoms with Crippen molar-refractivity contribution in [1.82, 2.24) is 4.90 Å². The van der Waals surface area contributed by atoms with Crippen LogP contribution in [0.5, 0.6) is 0 Å². The van der Waals surface area contributed by atoms with Gasteiger partial charge < -0.3 is 63.6 Å². The van der Waals surface area contributed by atoms with E-state index in [0.717, 1.165) is 0 Å². The molecule has 0 radical (unpaired) electrons. The highest BCUT2D eigenvalue weighted by molar-refractivity contribution is 5.73. The quantitative estimate of drug-likeness (QED) is 0.239. The standard InChI is InChI=1S/C37H67NO13/c1-14-25-36(10,43)29(40)22(6)37(44)18(2)16-35(9,51-37)31(50-33-27(39)24(38(11)12)15-19(3)46-33)20(4)28(21(5)32(42)48-25)49-26-17-34(8,45-13)30(41)23(7)47-26/h18-31,33,39-41,43-44H,14-17H2,1-13H3/t18-,19-,20+,21-,22-,23+,24+,25-,26+,27-,28+,29-,30+,31-,33+,34-,35-,36-,37+/m1/s1. The number of nitrogens with zero attached hydrogens (tertiary/aromatic N) is 1. The molecule has 0 aromatic rings. The molecule has 4 heterocycles. The van der Waals surface area contributed by atoms with Crippen molar-refractivity contribution in [1.29, 1.82) is 0 Å². The second-order valence-corrected chi connectivity index (χ2v) is 16.9. The molecule has 298 valence electrons. The van der Waals surface area contributed by atoms with Crippen LogP contribution in [-0.4, -0.2) is 148 Å². The third-order valence-electron chi connectivity index (χ3n) is 12.6. The van der Waals surface area contributed by atoms with Gasteiger partial charge in [0.25, 0.3) is 0 Å². The van der Waals surface area contributed by atoms with Crippen molar-refractivity contribution in [3.63, 3.8) is 0 Å². The van der Waals surface area contributed by atoms with Gasteiger partial charge in [-0.15, -0.1) is 0 Å². The minimum Gasteiger partial charge on any atom is -0.459 e. The van der Waals surface area contributed by atoms with E-state index in [1.165, 1.54) is 14.0 Å². The molecule has 0 unspecified atom stereocenters. The summed E-state index contributed by atoms with van der Waals surface area (Å²) in [5.41, 5.74) is -4.27. The highest BCUT2D eigenvalue weighted by Crippen LogP contribution is 2.52. The second-order valence-electron chi connectivity index (χ2n) is 16.9. The number of carbonyl (C=O) groups is 1. The van der Waals surface area contributed by atoms with Gasteiger partial charge >= 0.3 is 5.97 Å². The molecule has 4 fully saturated rings. The van der Waals surface area contributed by atoms with Crippen LogP contribution < -0.4 is 0 Å². The van der Waals surface area contributed by atoms with Crippen LogP contribution in [0, 0.1) is 23.7 Å². The average molecular weight is 734 g/mol. The molecule has 4 aliphatic heterocycles. The summed E-state index contributed by atoms with van der Waals surface area (Å²) in [4.78, 5) is 16.1. The summed E-state index contributed by atoms with van der Waals surface area (Å²) in [5.74, 6) is -5.92. The number of hydrogen-bond donors (Lipinski definition) is 5. The van der Waals surface area contributed by atoms with Gasteiger partial charge in [0.1, 0.15) is 23.9 Å². The smallest absolute Gasteiger partial charge is 0.311 e. The number of aliphatic hydroxyl groups is 5. The molecule has 0 aliphatic carbocycles. The van der Waals surface area contributed by atoms with E-state index in [2.05, 4.69) is 0 Å². The maximum absolute atomic E-state index is 14.1. The Bertz CT molecular complexity index is 1190. The average Bonchev–Trinajstić information content (AvgIpc) is 3.31. The summed E-state index contributed by atoms with van der Waals surface area (Å²) in [6, 6.07) is -0.281. The lowest BCUT2D eigenvalue weighted by molar-refractivity contribution is -0.339. The summed E-state index contributed by atoms with van der Waals surface area (Å²) in [6.45, 7) is 17.2. The predicted octanol–water partition coefficient (Wildman–Crippen LogP) is 1.94. The van der Waals surface area contributed by atoms with Crippen molar-refractivity contribution < 1.29 is 63.5 Å². The van der Waals surface area contributed by atoms with E-state index in [1.54, 1.807) is 41.5 Å². The fourth-order valence-corrected chi connectivity index (χ4v) is 9.17. The number of aliphatic hydroxyl groups excluding tert-OH is 3. The Morgan fingerprint density at radius 3 is 2.12 bits per heavy atom. The number of cyclic esters (lactones) is 1. The number of methoxy groups -OCH3 is 1. The molecule has 0 spiro atoms. The molecular formula is C37H67NO13. The monoisotopic (exact) mass is 733 g/mol. The first-order chi connectivity index (χ1) is 23.5. The third kappa shape index (κ3) is 8.04. The predicted molar refractivity (Wildman–Crippen MR) is 185 cm³/mol. The Balaban J connectivity index is 1.87. The van der Waals surface area contributed by atoms with E-state index >= 15 is 0 Å². The molecule has 2 bridgehead atoms. The molecule has 14 heteroatoms. The summed E-state index contributed by atoms with van der Waals surface area (Å²) >= 11 is 0. The minimum absolute atomic E-state index is 0.137. The molecule has 4 rings (SSSR count). The molecule has 0 amide bonds. The summed E-state index contributed by atoms with van der Waals surface area (Å²) < 4.78 is 44.4. The molecule has 14 nitrogen and oxygen atoms in total. The van der Waals surface area contributed by atoms with Gasteiger partial charge in [-0.3, -0.25) is 4.79 Å². The Kier molecular flexibility index (Phi) is 13.1. The Morgan fingerprint density at radius 1 is 0.922 bits per heavy atom. The van der Waals surface area contributed by atoms with Gasteiger partial charge in [-0.05, 0) is 74.9 Å². The van der Waals surface area contributed by atoms with Gasteiger partial charge in [-0.2, -0.15) is 0 Å². The van der Waals surface area contributed by atoms with Crippen molar-refractivity contribution in [3.8, 4) is 0 Å². The SMILES string of the molecule is CC[C@H]1OC(=O)[C@H](C)[C@@H](O[C@H]2C[C@@](C)(OC)[C@@H](O)[C@H](C)O2)[C@H](C)[C@@H](O[C@@H]2O[C@H](C)C[C@H](N(C)C)[C@H]2O)[C@@]2(C)C[C@@H](C)[C@](O)(O2)[C@H](C)[C@@H](O)[C@]1(C)O. The lowest BCUT2D eigenvalue weighted by atomic mass is 9.75. The zero-order chi connectivity index (χ0) is 38.6. The van der Waals surface area contributed by atoms with Crippen molar-refractivity contribution in [2.45, 2.75) is 185 Å². The fourth-order valence-electron chi connectivity index (χ4n) is 9.17. The Hall–Kier alpha value is -1.01. The van der Waals surface area contributed by atoms with E-state index in [1.807, 2.05) is 39.8 Å². The van der Waals surface area contributed by atoms with Crippen molar-refractivity contribution in [2.24, 2.45) is 23.7 Å². The lowest BCUT2D eigenvalue weighted by Crippen LogP contribution is -2.61. The largest absolute Gasteiger partial charge is 0.459 e. The highest BCUT2D eigenvalue weighted by atomic mass is 16.7. The van der Waals surface area contributed by atoms with E-state index < -0.39 is 108 Å². The van der Waals surface area contributed by atoms with Crippen LogP contribution in [0.4, 0.5) is 0 Å². The van der Waals surface area contributed by atoms with E-state index in [9.17, 15) is 30.3 Å². The molecule has 0 aromatic heterocycles. The van der Waals surface area contributed by atoms with Crippen LogP contribution in [0.3, 0.4) is 0 Å². The summed E-state index contributed by atoms with van der Waals surface area (Å²) in [5, 5.41) is 58.2. The van der Waals surface area contributed by atoms with Crippen LogP contribution in [0.15, 0.2) is 0 Å². The van der Waals surface area contributed by atoms with E-state index in [0.29, 0.717) is 6.42 Å². The summed E-state index contributed by atoms with van der Waals surface area (Å²) in [7, 11) is 5.27. The maximum atomic E-state index is 14.1. The number of ether oxygens (including phenoxy) is 7. The number of esters is 1. The highest BCUT2D eigenvalue weighted by Gasteiger charge is 2.63. The molecule has 19 atom stereocenters. The summed E-state index contributed by atoms with van der Waals surface area (Å²) in [6.07, 6.45) is -8.51. The van der Waals surface area contributed by atoms with Gasteiger partial charge in [0.2, 0.25) is 0 Å². The Morgan fingerprint density at radius 2 is 1.55 bits per heavy atom. The molecule has 5 N–H and O–H groups in total. The number of rotatable bonds is 7. The van der Waals surface area contributed by atoms with Crippen LogP contribution in [0.25, 0.3) is 0 Å². The number of carbonyl (C=O) groups excluding carboxylic acids is 1. The lowest BCUT2D eigenvalue weighted by Gasteiger charge is -2.49. The van der Waals surface area contributed by atoms with Crippen LogP contribution in [0.2, 0.25) is 0 Å². The molecule has 0 aromatic carbocycles. The molecular weight excluding hydrogens is 666 g/mol. The van der Waals surface area contributed by atoms with Crippen molar-refractivity contribution in [2.75, 3.05) is 21.2 Å². The van der Waals surface area contributed by atoms with Crippen molar-refractivity contribution in [3.05, 3.63) is 0 Å². The number of fused-ring (bicyclic) bond motifs is 2. The van der Waals surface area contributed by atoms with Crippen molar-refractivity contribution >= 4 is 5.97 Å². The first-order valence-corrected chi connectivity index (χ1v) is 18.7. The van der Waals surface area contributed by atoms with Crippen LogP contribution >= 0.6 is 0 Å². The van der Waals surface area contributed by atoms with E-state index in [4.69, 9.17) is 33.2 Å². The van der Waals surface area contributed by atoms with Crippen LogP contribution in [-0.2, 0) is 38.0 Å². The number of hydrogen-bond acceptors (Lipinski definition) is 14. The molecule has 4 aliphatic rings. The molecule has 4 saturated heterocycles. The second kappa shape index (κ2) is 15.6. The van der Waals surface area contributed by atoms with Gasteiger partial charge in [0.05, 0.1) is 47.6 Å². The normalized spacial score (nSPS) is 53.2. The fraction of sp³-hybridized carbons (Fsp3) is 0.973. The first-order valence-electron chi connectivity index (χ1n) is 18.7. The van der Waals surface area contributed by atoms with Gasteiger partial charge in [-0.1, -0.05) is 27.7 Å². The first kappa shape index (κ1) is 42.7. The zero-order valence-electron chi connectivity index (χ0n) is 32.9. The molecule has 0 saturated carbocycles. The van der Waals surface area contributed by atoms with E-state index in [-0.39, 0.29) is 31.4 Å². The topological polar surface area (TPSA) is 186 Å². The minimum atomic E-state index is -1.97. The zero-order valence-corrected chi connectivity index (χ0v) is 32.9. The Labute approximate surface area is 304 Å². The number of likely N-dealkylation sites (N-methyl/N-ethyl adjacent to an activating group) is 1. The van der Waals surface area contributed by atoms with Crippen LogP contribution in [0.1, 0.15) is 94.9 Å². The molecule has 51 heavy (non-hydrogen) atoms. The van der Waals surface area contributed by atoms with Gasteiger partial charge in [0.15, 0.2) is 18.4 Å². The van der Waals surface area contributed by atoms with Gasteiger partial charge in [0, 0.05) is 37.3 Å². The van der Waals surface area contributed by atoms with Gasteiger partial charge in [-0.25, -0.2) is 0 Å².